The summed E-state index contributed by atoms with van der Waals surface area (Å²) in [6.45, 7) is 1.03. The zero-order chi connectivity index (χ0) is 19.0. The van der Waals surface area contributed by atoms with Gasteiger partial charge in [-0.3, -0.25) is 0 Å². The Morgan fingerprint density at radius 2 is 1.74 bits per heavy atom. The first-order chi connectivity index (χ1) is 13.0. The zero-order valence-corrected chi connectivity index (χ0v) is 14.3. The normalized spacial score (nSPS) is 16.6. The van der Waals surface area contributed by atoms with Crippen LogP contribution in [0.15, 0.2) is 42.5 Å². The first kappa shape index (κ1) is 17.5. The van der Waals surface area contributed by atoms with Gasteiger partial charge in [0.15, 0.2) is 0 Å². The number of fused-ring (bicyclic) bond motifs is 1. The van der Waals surface area contributed by atoms with Crippen molar-refractivity contribution in [3.05, 3.63) is 76.6 Å². The lowest BCUT2D eigenvalue weighted by molar-refractivity contribution is 0.527. The van der Waals surface area contributed by atoms with Crippen LogP contribution in [-0.2, 0) is 6.54 Å². The third kappa shape index (κ3) is 3.26. The lowest BCUT2D eigenvalue weighted by Crippen LogP contribution is -2.13. The molecule has 0 saturated carbocycles. The minimum atomic E-state index is -0.623. The molecule has 4 rings (SSSR count). The van der Waals surface area contributed by atoms with Gasteiger partial charge in [0.1, 0.15) is 23.3 Å². The lowest BCUT2D eigenvalue weighted by atomic mass is 9.85. The Balaban J connectivity index is 1.85. The van der Waals surface area contributed by atoms with E-state index in [0.29, 0.717) is 30.8 Å². The molecule has 27 heavy (non-hydrogen) atoms. The van der Waals surface area contributed by atoms with E-state index in [1.54, 1.807) is 18.2 Å². The number of aromatic nitrogens is 2. The quantitative estimate of drug-likeness (QED) is 0.721. The van der Waals surface area contributed by atoms with Crippen LogP contribution in [0.3, 0.4) is 0 Å². The summed E-state index contributed by atoms with van der Waals surface area (Å²) in [7, 11) is 0. The Morgan fingerprint density at radius 1 is 0.963 bits per heavy atom. The summed E-state index contributed by atoms with van der Waals surface area (Å²) in [4.78, 5) is 0. The predicted molar refractivity (Wildman–Crippen MR) is 96.4 cm³/mol. The molecule has 0 saturated heterocycles. The predicted octanol–water partition coefficient (Wildman–Crippen LogP) is 3.77. The first-order valence-electron chi connectivity index (χ1n) is 8.61. The van der Waals surface area contributed by atoms with Crippen LogP contribution in [0.5, 0.6) is 0 Å². The van der Waals surface area contributed by atoms with Crippen LogP contribution in [0.4, 0.5) is 19.0 Å². The van der Waals surface area contributed by atoms with E-state index in [2.05, 4.69) is 15.5 Å². The van der Waals surface area contributed by atoms with Gasteiger partial charge in [0.05, 0.1) is 5.69 Å². The lowest BCUT2D eigenvalue weighted by Gasteiger charge is -2.20. The van der Waals surface area contributed by atoms with Crippen molar-refractivity contribution in [3.8, 4) is 11.3 Å². The molecule has 3 aromatic rings. The fraction of sp³-hybridized carbons (Fsp3) is 0.200. The molecular formula is C20H17F3N4. The minimum absolute atomic E-state index is 0.0260. The van der Waals surface area contributed by atoms with Crippen molar-refractivity contribution >= 4 is 5.82 Å². The van der Waals surface area contributed by atoms with Crippen LogP contribution in [0.1, 0.15) is 29.0 Å². The number of halogens is 3. The van der Waals surface area contributed by atoms with E-state index in [0.717, 1.165) is 5.56 Å². The highest BCUT2D eigenvalue weighted by atomic mass is 19.1. The van der Waals surface area contributed by atoms with Crippen molar-refractivity contribution in [2.45, 2.75) is 18.9 Å². The summed E-state index contributed by atoms with van der Waals surface area (Å²) in [5.74, 6) is -2.09. The van der Waals surface area contributed by atoms with Crippen molar-refractivity contribution < 1.29 is 13.2 Å². The van der Waals surface area contributed by atoms with Crippen LogP contribution in [0.2, 0.25) is 0 Å². The Hall–Kier alpha value is -2.93. The van der Waals surface area contributed by atoms with Gasteiger partial charge < -0.3 is 11.1 Å². The largest absolute Gasteiger partial charge is 0.382 e. The average molecular weight is 370 g/mol. The summed E-state index contributed by atoms with van der Waals surface area (Å²) >= 11 is 0. The highest BCUT2D eigenvalue weighted by molar-refractivity contribution is 5.63. The van der Waals surface area contributed by atoms with Gasteiger partial charge >= 0.3 is 0 Å². The summed E-state index contributed by atoms with van der Waals surface area (Å²) in [5, 5.41) is 10.9. The number of nitrogens with zero attached hydrogens (tertiary/aromatic N) is 2. The Bertz CT molecular complexity index is 969. The SMILES string of the molecule is Nc1ccc(-c2cc3c(cc2F)C(c2c(F)cccc2F)CCNC3)nn1. The van der Waals surface area contributed by atoms with Gasteiger partial charge in [0, 0.05) is 23.6 Å². The van der Waals surface area contributed by atoms with Crippen LogP contribution in [0.25, 0.3) is 11.3 Å². The maximum atomic E-state index is 14.9. The fourth-order valence-corrected chi connectivity index (χ4v) is 3.56. The van der Waals surface area contributed by atoms with Gasteiger partial charge in [-0.15, -0.1) is 10.2 Å². The van der Waals surface area contributed by atoms with Crippen molar-refractivity contribution in [2.24, 2.45) is 0 Å². The maximum Gasteiger partial charge on any atom is 0.146 e. The molecule has 1 aliphatic rings. The minimum Gasteiger partial charge on any atom is -0.382 e. The molecule has 1 unspecified atom stereocenters. The summed E-state index contributed by atoms with van der Waals surface area (Å²) in [6, 6.07) is 9.93. The molecule has 0 spiro atoms. The summed E-state index contributed by atoms with van der Waals surface area (Å²) < 4.78 is 43.6. The van der Waals surface area contributed by atoms with Gasteiger partial charge in [-0.25, -0.2) is 13.2 Å². The molecule has 138 valence electrons. The second-order valence-corrected chi connectivity index (χ2v) is 6.53. The number of rotatable bonds is 2. The fourth-order valence-electron chi connectivity index (χ4n) is 3.56. The molecule has 0 radical (unpaired) electrons. The van der Waals surface area contributed by atoms with Crippen molar-refractivity contribution in [1.82, 2.24) is 15.5 Å². The molecule has 0 amide bonds. The summed E-state index contributed by atoms with van der Waals surface area (Å²) in [5.41, 5.74) is 7.49. The van der Waals surface area contributed by atoms with Gasteiger partial charge in [-0.05, 0) is 60.5 Å². The van der Waals surface area contributed by atoms with Crippen LogP contribution >= 0.6 is 0 Å². The van der Waals surface area contributed by atoms with E-state index >= 15 is 0 Å². The van der Waals surface area contributed by atoms with Gasteiger partial charge in [0.25, 0.3) is 0 Å². The first-order valence-corrected chi connectivity index (χ1v) is 8.61. The molecule has 1 atom stereocenters. The van der Waals surface area contributed by atoms with Gasteiger partial charge in [-0.2, -0.15) is 0 Å². The molecule has 2 heterocycles. The number of nitrogen functional groups attached to an aromatic ring is 1. The Morgan fingerprint density at radius 3 is 2.44 bits per heavy atom. The van der Waals surface area contributed by atoms with E-state index in [1.165, 1.54) is 24.3 Å². The number of hydrogen-bond acceptors (Lipinski definition) is 4. The van der Waals surface area contributed by atoms with Gasteiger partial charge in [0.2, 0.25) is 0 Å². The topological polar surface area (TPSA) is 63.8 Å². The number of hydrogen-bond donors (Lipinski definition) is 2. The molecule has 1 aliphatic heterocycles. The molecule has 3 N–H and O–H groups in total. The highest BCUT2D eigenvalue weighted by Crippen LogP contribution is 2.37. The van der Waals surface area contributed by atoms with Crippen LogP contribution in [-0.4, -0.2) is 16.7 Å². The van der Waals surface area contributed by atoms with Crippen molar-refractivity contribution in [3.63, 3.8) is 0 Å². The molecule has 0 aliphatic carbocycles. The number of nitrogens with two attached hydrogens (primary N) is 1. The van der Waals surface area contributed by atoms with E-state index in [4.69, 9.17) is 5.73 Å². The monoisotopic (exact) mass is 370 g/mol. The van der Waals surface area contributed by atoms with Crippen molar-refractivity contribution in [1.29, 1.82) is 0 Å². The molecule has 2 aromatic carbocycles. The number of anilines is 1. The van der Waals surface area contributed by atoms with Gasteiger partial charge in [-0.1, -0.05) is 6.07 Å². The third-order valence-electron chi connectivity index (χ3n) is 4.84. The second kappa shape index (κ2) is 7.00. The molecule has 1 aromatic heterocycles. The van der Waals surface area contributed by atoms with E-state index < -0.39 is 23.4 Å². The van der Waals surface area contributed by atoms with Crippen LogP contribution in [0, 0.1) is 17.5 Å². The van der Waals surface area contributed by atoms with Crippen molar-refractivity contribution in [2.75, 3.05) is 12.3 Å². The van der Waals surface area contributed by atoms with E-state index in [1.807, 2.05) is 0 Å². The highest BCUT2D eigenvalue weighted by Gasteiger charge is 2.27. The number of nitrogens with one attached hydrogen (secondary N) is 1. The molecule has 7 heteroatoms. The van der Waals surface area contributed by atoms with E-state index in [-0.39, 0.29) is 16.9 Å². The zero-order valence-electron chi connectivity index (χ0n) is 14.3. The summed E-state index contributed by atoms with van der Waals surface area (Å²) in [6.07, 6.45) is 0.464. The third-order valence-corrected chi connectivity index (χ3v) is 4.84. The van der Waals surface area contributed by atoms with E-state index in [9.17, 15) is 13.2 Å². The molecule has 0 fully saturated rings. The Kier molecular flexibility index (Phi) is 4.53. The van der Waals surface area contributed by atoms with Crippen LogP contribution < -0.4 is 11.1 Å². The molecule has 0 bridgehead atoms. The molecular weight excluding hydrogens is 353 g/mol. The smallest absolute Gasteiger partial charge is 0.146 e. The number of benzene rings is 2. The maximum absolute atomic E-state index is 14.9. The standard InChI is InChI=1S/C20H17F3N4/c21-15-2-1-3-16(22)20(15)12-6-7-25-10-11-8-14(17(23)9-13(11)12)18-4-5-19(24)27-26-18/h1-5,8-9,12,25H,6-7,10H2,(H2,24,27). The Labute approximate surface area is 154 Å². The molecule has 4 nitrogen and oxygen atoms in total. The average Bonchev–Trinajstić information content (AvgIpc) is 2.84. The second-order valence-electron chi connectivity index (χ2n) is 6.53.